The van der Waals surface area contributed by atoms with Crippen LogP contribution < -0.4 is 9.13 Å². The third-order valence-corrected chi connectivity index (χ3v) is 4.02. The van der Waals surface area contributed by atoms with Gasteiger partial charge in [0, 0.05) is 22.3 Å². The molecule has 0 aliphatic carbocycles. The summed E-state index contributed by atoms with van der Waals surface area (Å²) >= 11 is 0. The van der Waals surface area contributed by atoms with Gasteiger partial charge < -0.3 is 0 Å². The van der Waals surface area contributed by atoms with Gasteiger partial charge in [-0.25, -0.2) is 9.13 Å². The van der Waals surface area contributed by atoms with Gasteiger partial charge >= 0.3 is 0 Å². The van der Waals surface area contributed by atoms with E-state index in [9.17, 15) is 0 Å². The SMILES string of the molecule is Cc1cc(C)c[n+](C(C)CC(C)[n+]2cc(C)cc(C)c2)c1. The first-order valence-electron chi connectivity index (χ1n) is 7.83. The van der Waals surface area contributed by atoms with E-state index >= 15 is 0 Å². The van der Waals surface area contributed by atoms with Gasteiger partial charge in [0.05, 0.1) is 6.42 Å². The van der Waals surface area contributed by atoms with Gasteiger partial charge in [-0.3, -0.25) is 0 Å². The molecule has 0 saturated carbocycles. The van der Waals surface area contributed by atoms with Gasteiger partial charge in [-0.2, -0.15) is 0 Å². The second-order valence-electron chi connectivity index (χ2n) is 6.61. The highest BCUT2D eigenvalue weighted by Gasteiger charge is 2.22. The van der Waals surface area contributed by atoms with Crippen LogP contribution in [0.2, 0.25) is 0 Å². The van der Waals surface area contributed by atoms with Crippen LogP contribution in [-0.2, 0) is 0 Å². The third-order valence-electron chi connectivity index (χ3n) is 4.02. The van der Waals surface area contributed by atoms with Crippen LogP contribution in [0, 0.1) is 27.7 Å². The molecule has 2 aromatic rings. The molecule has 0 saturated heterocycles. The largest absolute Gasteiger partial charge is 0.202 e. The Kier molecular flexibility index (Phi) is 4.76. The number of rotatable bonds is 4. The van der Waals surface area contributed by atoms with Gasteiger partial charge in [0.2, 0.25) is 0 Å². The molecule has 21 heavy (non-hydrogen) atoms. The van der Waals surface area contributed by atoms with E-state index in [1.807, 2.05) is 0 Å². The average Bonchev–Trinajstić information content (AvgIpc) is 2.36. The first kappa shape index (κ1) is 15.7. The minimum absolute atomic E-state index is 0.493. The number of pyridine rings is 2. The number of aromatic nitrogens is 2. The number of hydrogen-bond acceptors (Lipinski definition) is 0. The summed E-state index contributed by atoms with van der Waals surface area (Å²) in [6.45, 7) is 13.3. The van der Waals surface area contributed by atoms with Crippen molar-refractivity contribution in [3.05, 3.63) is 59.2 Å². The van der Waals surface area contributed by atoms with E-state index in [-0.39, 0.29) is 0 Å². The molecule has 0 aromatic carbocycles. The van der Waals surface area contributed by atoms with Crippen LogP contribution in [0.25, 0.3) is 0 Å². The molecule has 2 unspecified atom stereocenters. The summed E-state index contributed by atoms with van der Waals surface area (Å²) < 4.78 is 4.70. The highest BCUT2D eigenvalue weighted by atomic mass is 15.0. The lowest BCUT2D eigenvalue weighted by Crippen LogP contribution is -2.44. The Bertz CT molecular complexity index is 535. The highest BCUT2D eigenvalue weighted by molar-refractivity contribution is 5.12. The molecular formula is C19H28N2+2. The first-order valence-corrected chi connectivity index (χ1v) is 7.83. The lowest BCUT2D eigenvalue weighted by atomic mass is 10.1. The smallest absolute Gasteiger partial charge is 0.171 e. The number of nitrogens with zero attached hydrogens (tertiary/aromatic N) is 2. The third kappa shape index (κ3) is 4.13. The fourth-order valence-corrected chi connectivity index (χ4v) is 3.13. The van der Waals surface area contributed by atoms with E-state index in [1.165, 1.54) is 22.3 Å². The lowest BCUT2D eigenvalue weighted by Gasteiger charge is -2.12. The maximum Gasteiger partial charge on any atom is 0.171 e. The van der Waals surface area contributed by atoms with Crippen molar-refractivity contribution in [3.63, 3.8) is 0 Å². The second kappa shape index (κ2) is 6.38. The van der Waals surface area contributed by atoms with Gasteiger partial charge in [0.25, 0.3) is 0 Å². The number of aryl methyl sites for hydroxylation is 4. The van der Waals surface area contributed by atoms with Crippen molar-refractivity contribution in [3.8, 4) is 0 Å². The fourth-order valence-electron chi connectivity index (χ4n) is 3.13. The lowest BCUT2D eigenvalue weighted by molar-refractivity contribution is -0.753. The Balaban J connectivity index is 2.16. The van der Waals surface area contributed by atoms with Crippen LogP contribution in [0.5, 0.6) is 0 Å². The standard InChI is InChI=1S/C19H28N2/c1-14-7-15(2)11-20(10-14)18(5)9-19(6)21-12-16(3)8-17(4)13-21/h7-8,10-13,18-19H,9H2,1-6H3/q+2. The van der Waals surface area contributed by atoms with E-state index in [2.05, 4.69) is 87.6 Å². The van der Waals surface area contributed by atoms with Crippen molar-refractivity contribution in [1.29, 1.82) is 0 Å². The molecule has 0 aliphatic rings. The monoisotopic (exact) mass is 284 g/mol. The minimum atomic E-state index is 0.493. The Hall–Kier alpha value is -1.70. The van der Waals surface area contributed by atoms with E-state index in [1.54, 1.807) is 0 Å². The van der Waals surface area contributed by atoms with E-state index in [4.69, 9.17) is 0 Å². The Morgan fingerprint density at radius 2 is 0.952 bits per heavy atom. The van der Waals surface area contributed by atoms with Gasteiger partial charge in [0.1, 0.15) is 0 Å². The van der Waals surface area contributed by atoms with Crippen LogP contribution in [0.4, 0.5) is 0 Å². The molecule has 2 heteroatoms. The normalized spacial score (nSPS) is 14.0. The molecule has 2 atom stereocenters. The molecule has 2 nitrogen and oxygen atoms in total. The summed E-state index contributed by atoms with van der Waals surface area (Å²) in [5, 5.41) is 0. The van der Waals surface area contributed by atoms with Crippen LogP contribution in [0.3, 0.4) is 0 Å². The van der Waals surface area contributed by atoms with Crippen LogP contribution >= 0.6 is 0 Å². The molecule has 0 radical (unpaired) electrons. The van der Waals surface area contributed by atoms with Crippen LogP contribution in [0.1, 0.15) is 54.6 Å². The molecule has 2 rings (SSSR count). The summed E-state index contributed by atoms with van der Waals surface area (Å²) in [4.78, 5) is 0. The van der Waals surface area contributed by atoms with Gasteiger partial charge in [-0.15, -0.1) is 0 Å². The van der Waals surface area contributed by atoms with Crippen molar-refractivity contribution in [1.82, 2.24) is 0 Å². The molecule has 0 fully saturated rings. The maximum absolute atomic E-state index is 2.35. The van der Waals surface area contributed by atoms with Crippen molar-refractivity contribution in [2.45, 2.75) is 60.0 Å². The maximum atomic E-state index is 2.35. The molecule has 2 aromatic heterocycles. The molecule has 0 spiro atoms. The van der Waals surface area contributed by atoms with E-state index < -0.39 is 0 Å². The molecule has 112 valence electrons. The van der Waals surface area contributed by atoms with Crippen molar-refractivity contribution >= 4 is 0 Å². The zero-order valence-corrected chi connectivity index (χ0v) is 14.2. The Morgan fingerprint density at radius 1 is 0.667 bits per heavy atom. The van der Waals surface area contributed by atoms with Gasteiger partial charge in [-0.1, -0.05) is 0 Å². The summed E-state index contributed by atoms with van der Waals surface area (Å²) in [5.41, 5.74) is 5.31. The molecule has 0 bridgehead atoms. The quantitative estimate of drug-likeness (QED) is 0.756. The zero-order valence-electron chi connectivity index (χ0n) is 14.2. The van der Waals surface area contributed by atoms with Crippen molar-refractivity contribution < 1.29 is 9.13 Å². The molecule has 0 aliphatic heterocycles. The Morgan fingerprint density at radius 3 is 1.24 bits per heavy atom. The summed E-state index contributed by atoms with van der Waals surface area (Å²) in [6.07, 6.45) is 10.1. The number of hydrogen-bond donors (Lipinski definition) is 0. The minimum Gasteiger partial charge on any atom is -0.202 e. The van der Waals surface area contributed by atoms with Gasteiger partial charge in [0.15, 0.2) is 36.9 Å². The fraction of sp³-hybridized carbons (Fsp3) is 0.474. The van der Waals surface area contributed by atoms with Crippen molar-refractivity contribution in [2.75, 3.05) is 0 Å². The molecule has 2 heterocycles. The predicted molar refractivity (Wildman–Crippen MR) is 86.3 cm³/mol. The van der Waals surface area contributed by atoms with Crippen LogP contribution in [-0.4, -0.2) is 0 Å². The van der Waals surface area contributed by atoms with Gasteiger partial charge in [-0.05, 0) is 53.7 Å². The summed E-state index contributed by atoms with van der Waals surface area (Å²) in [7, 11) is 0. The Labute approximate surface area is 129 Å². The summed E-state index contributed by atoms with van der Waals surface area (Å²) in [6, 6.07) is 5.44. The molecular weight excluding hydrogens is 256 g/mol. The molecule has 0 amide bonds. The zero-order chi connectivity index (χ0) is 15.6. The summed E-state index contributed by atoms with van der Waals surface area (Å²) in [5.74, 6) is 0. The van der Waals surface area contributed by atoms with Crippen LogP contribution in [0.15, 0.2) is 36.9 Å². The predicted octanol–water partition coefficient (Wildman–Crippen LogP) is 3.71. The second-order valence-corrected chi connectivity index (χ2v) is 6.61. The molecule has 0 N–H and O–H groups in total. The topological polar surface area (TPSA) is 7.76 Å². The highest BCUT2D eigenvalue weighted by Crippen LogP contribution is 2.13. The van der Waals surface area contributed by atoms with E-state index in [0.29, 0.717) is 12.1 Å². The first-order chi connectivity index (χ1) is 9.85. The van der Waals surface area contributed by atoms with E-state index in [0.717, 1.165) is 6.42 Å². The average molecular weight is 284 g/mol. The van der Waals surface area contributed by atoms with Crippen molar-refractivity contribution in [2.24, 2.45) is 0 Å².